The maximum absolute atomic E-state index is 13.6. The first-order valence-electron chi connectivity index (χ1n) is 13.6. The van der Waals surface area contributed by atoms with Gasteiger partial charge >= 0.3 is 11.9 Å². The predicted molar refractivity (Wildman–Crippen MR) is 157 cm³/mol. The van der Waals surface area contributed by atoms with Gasteiger partial charge in [-0.2, -0.15) is 0 Å². The van der Waals surface area contributed by atoms with E-state index in [2.05, 4.69) is 16.0 Å². The van der Waals surface area contributed by atoms with Crippen LogP contribution in [0.1, 0.15) is 23.1 Å². The number of amides is 3. The van der Waals surface area contributed by atoms with Crippen LogP contribution in [0.3, 0.4) is 0 Å². The molecule has 0 radical (unpaired) electrons. The molecule has 0 saturated heterocycles. The summed E-state index contributed by atoms with van der Waals surface area (Å²) >= 11 is 0. The first-order valence-corrected chi connectivity index (χ1v) is 13.6. The number of carboxylic acids is 2. The number of phenolic OH excluding ortho intramolecular Hbond substituents is 2. The van der Waals surface area contributed by atoms with E-state index < -0.39 is 60.2 Å². The second-order valence-electron chi connectivity index (χ2n) is 10.2. The van der Waals surface area contributed by atoms with Crippen LogP contribution < -0.4 is 21.7 Å². The van der Waals surface area contributed by atoms with E-state index in [9.17, 15) is 39.3 Å². The molecule has 0 heterocycles. The number of hydrogen-bond donors (Lipinski definition) is 8. The molecule has 3 amide bonds. The molecule has 44 heavy (non-hydrogen) atoms. The number of aliphatic carboxylic acids is 2. The number of nitrogens with one attached hydrogen (secondary N) is 3. The number of benzene rings is 3. The number of rotatable bonds is 15. The number of carbonyl (C=O) groups excluding carboxylic acids is 3. The highest BCUT2D eigenvalue weighted by atomic mass is 16.4. The van der Waals surface area contributed by atoms with Crippen LogP contribution in [0.5, 0.6) is 11.5 Å². The lowest BCUT2D eigenvalue weighted by molar-refractivity contribution is -0.142. The van der Waals surface area contributed by atoms with Gasteiger partial charge in [-0.3, -0.25) is 19.2 Å². The molecule has 0 aliphatic carbocycles. The van der Waals surface area contributed by atoms with E-state index in [1.54, 1.807) is 30.3 Å². The van der Waals surface area contributed by atoms with Crippen LogP contribution >= 0.6 is 0 Å². The fourth-order valence-electron chi connectivity index (χ4n) is 4.31. The fraction of sp³-hybridized carbons (Fsp3) is 0.258. The van der Waals surface area contributed by atoms with Gasteiger partial charge in [0.2, 0.25) is 17.7 Å². The highest BCUT2D eigenvalue weighted by molar-refractivity contribution is 5.95. The van der Waals surface area contributed by atoms with E-state index in [0.29, 0.717) is 16.7 Å². The Balaban J connectivity index is 1.85. The molecule has 0 saturated carbocycles. The Hall–Kier alpha value is -5.43. The third-order valence-corrected chi connectivity index (χ3v) is 6.65. The van der Waals surface area contributed by atoms with Gasteiger partial charge < -0.3 is 42.1 Å². The zero-order chi connectivity index (χ0) is 32.2. The number of nitrogens with two attached hydrogens (primary N) is 1. The molecule has 232 valence electrons. The zero-order valence-electron chi connectivity index (χ0n) is 23.6. The maximum Gasteiger partial charge on any atom is 0.326 e. The molecule has 0 bridgehead atoms. The van der Waals surface area contributed by atoms with Gasteiger partial charge in [-0.25, -0.2) is 4.79 Å². The van der Waals surface area contributed by atoms with E-state index in [4.69, 9.17) is 10.8 Å². The summed E-state index contributed by atoms with van der Waals surface area (Å²) in [6, 6.07) is 14.9. The molecule has 3 rings (SSSR count). The van der Waals surface area contributed by atoms with Gasteiger partial charge in [-0.15, -0.1) is 0 Å². The van der Waals surface area contributed by atoms with E-state index >= 15 is 0 Å². The molecule has 13 nitrogen and oxygen atoms in total. The number of phenols is 2. The van der Waals surface area contributed by atoms with Gasteiger partial charge in [0.15, 0.2) is 0 Å². The van der Waals surface area contributed by atoms with E-state index in [0.717, 1.165) is 0 Å². The molecular formula is C31H34N4O9. The minimum Gasteiger partial charge on any atom is -0.508 e. The maximum atomic E-state index is 13.6. The average Bonchev–Trinajstić information content (AvgIpc) is 2.98. The van der Waals surface area contributed by atoms with Crippen molar-refractivity contribution in [3.05, 3.63) is 95.6 Å². The number of carboxylic acid groups (broad SMARTS) is 2. The van der Waals surface area contributed by atoms with Crippen molar-refractivity contribution in [2.45, 2.75) is 49.9 Å². The Morgan fingerprint density at radius 2 is 0.955 bits per heavy atom. The van der Waals surface area contributed by atoms with Crippen molar-refractivity contribution in [2.75, 3.05) is 0 Å². The van der Waals surface area contributed by atoms with Crippen molar-refractivity contribution < 1.29 is 44.4 Å². The third kappa shape index (κ3) is 10.4. The zero-order valence-corrected chi connectivity index (χ0v) is 23.6. The third-order valence-electron chi connectivity index (χ3n) is 6.65. The summed E-state index contributed by atoms with van der Waals surface area (Å²) in [6.45, 7) is 0. The van der Waals surface area contributed by atoms with Gasteiger partial charge in [-0.1, -0.05) is 54.6 Å². The van der Waals surface area contributed by atoms with Crippen molar-refractivity contribution >= 4 is 29.7 Å². The molecule has 0 aliphatic rings. The SMILES string of the molecule is NC(CC(=O)O)C(=O)NC(Cc1ccc(O)cc1)C(=O)NC(Cc1ccccc1)C(=O)NC(Cc1ccc(O)cc1)C(=O)O. The second-order valence-corrected chi connectivity index (χ2v) is 10.2. The Morgan fingerprint density at radius 1 is 0.568 bits per heavy atom. The van der Waals surface area contributed by atoms with Crippen LogP contribution in [-0.2, 0) is 43.2 Å². The Bertz CT molecular complexity index is 1450. The van der Waals surface area contributed by atoms with Gasteiger partial charge in [0.05, 0.1) is 12.5 Å². The molecular weight excluding hydrogens is 572 g/mol. The molecule has 4 unspecified atom stereocenters. The number of hydrogen-bond acceptors (Lipinski definition) is 8. The molecule has 4 atom stereocenters. The van der Waals surface area contributed by atoms with Crippen LogP contribution in [-0.4, -0.2) is 74.3 Å². The van der Waals surface area contributed by atoms with E-state index in [1.807, 2.05) is 0 Å². The normalized spacial score (nSPS) is 13.5. The van der Waals surface area contributed by atoms with Crippen molar-refractivity contribution in [3.63, 3.8) is 0 Å². The number of carbonyl (C=O) groups is 5. The highest BCUT2D eigenvalue weighted by Crippen LogP contribution is 2.14. The van der Waals surface area contributed by atoms with E-state index in [-0.39, 0.29) is 30.8 Å². The molecule has 0 aromatic heterocycles. The lowest BCUT2D eigenvalue weighted by atomic mass is 10.0. The highest BCUT2D eigenvalue weighted by Gasteiger charge is 2.31. The summed E-state index contributed by atoms with van der Waals surface area (Å²) in [5, 5.41) is 45.5. The van der Waals surface area contributed by atoms with Gasteiger partial charge in [0.25, 0.3) is 0 Å². The van der Waals surface area contributed by atoms with E-state index in [1.165, 1.54) is 48.5 Å². The molecule has 0 fully saturated rings. The lowest BCUT2D eigenvalue weighted by Gasteiger charge is -2.25. The summed E-state index contributed by atoms with van der Waals surface area (Å²) in [6.07, 6.45) is -0.914. The Labute approximate surface area is 252 Å². The van der Waals surface area contributed by atoms with Crippen molar-refractivity contribution in [3.8, 4) is 11.5 Å². The monoisotopic (exact) mass is 606 g/mol. The summed E-state index contributed by atoms with van der Waals surface area (Å²) in [4.78, 5) is 62.8. The summed E-state index contributed by atoms with van der Waals surface area (Å²) < 4.78 is 0. The molecule has 0 spiro atoms. The smallest absolute Gasteiger partial charge is 0.326 e. The first kappa shape index (κ1) is 33.1. The Morgan fingerprint density at radius 3 is 1.39 bits per heavy atom. The van der Waals surface area contributed by atoms with Crippen LogP contribution in [0.2, 0.25) is 0 Å². The molecule has 3 aromatic carbocycles. The quantitative estimate of drug-likeness (QED) is 0.119. The van der Waals surface area contributed by atoms with Crippen LogP contribution in [0.4, 0.5) is 0 Å². The number of aromatic hydroxyl groups is 2. The summed E-state index contributed by atoms with van der Waals surface area (Å²) in [5.41, 5.74) is 7.41. The van der Waals surface area contributed by atoms with Crippen LogP contribution in [0, 0.1) is 0 Å². The van der Waals surface area contributed by atoms with Crippen molar-refractivity contribution in [1.82, 2.24) is 16.0 Å². The molecule has 9 N–H and O–H groups in total. The topological polar surface area (TPSA) is 228 Å². The minimum absolute atomic E-state index is 0.00633. The Kier molecular flexibility index (Phi) is 11.8. The average molecular weight is 607 g/mol. The second kappa shape index (κ2) is 15.7. The molecule has 0 aliphatic heterocycles. The van der Waals surface area contributed by atoms with Crippen LogP contribution in [0.15, 0.2) is 78.9 Å². The van der Waals surface area contributed by atoms with Gasteiger partial charge in [-0.05, 0) is 41.0 Å². The fourth-order valence-corrected chi connectivity index (χ4v) is 4.31. The van der Waals surface area contributed by atoms with Crippen molar-refractivity contribution in [2.24, 2.45) is 5.73 Å². The first-order chi connectivity index (χ1) is 20.9. The van der Waals surface area contributed by atoms with Crippen molar-refractivity contribution in [1.29, 1.82) is 0 Å². The summed E-state index contributed by atoms with van der Waals surface area (Å²) in [5.74, 6) is -5.18. The largest absolute Gasteiger partial charge is 0.508 e. The van der Waals surface area contributed by atoms with Crippen LogP contribution in [0.25, 0.3) is 0 Å². The minimum atomic E-state index is -1.46. The molecule has 13 heteroatoms. The lowest BCUT2D eigenvalue weighted by Crippen LogP contribution is -2.58. The summed E-state index contributed by atoms with van der Waals surface area (Å²) in [7, 11) is 0. The molecule has 3 aromatic rings. The predicted octanol–water partition coefficient (Wildman–Crippen LogP) is 0.467. The standard InChI is InChI=1S/C31H34N4O9/c32-23(17-27(38)39)28(40)33-24(15-19-6-10-21(36)11-7-19)29(41)34-25(14-18-4-2-1-3-5-18)30(42)35-26(31(43)44)16-20-8-12-22(37)13-9-20/h1-13,23-26,36-37H,14-17,32H2,(H,33,40)(H,34,41)(H,35,42)(H,38,39)(H,43,44). The van der Waals surface area contributed by atoms with Gasteiger partial charge in [0, 0.05) is 19.3 Å². The van der Waals surface area contributed by atoms with Gasteiger partial charge in [0.1, 0.15) is 29.6 Å².